The van der Waals surface area contributed by atoms with Crippen LogP contribution in [0, 0.1) is 5.82 Å². The number of fused-ring (bicyclic) bond motifs is 1. The van der Waals surface area contributed by atoms with Crippen LogP contribution in [-0.4, -0.2) is 41.6 Å². The smallest absolute Gasteiger partial charge is 0.123 e. The van der Waals surface area contributed by atoms with Gasteiger partial charge in [0.15, 0.2) is 0 Å². The van der Waals surface area contributed by atoms with Crippen molar-refractivity contribution in [3.8, 4) is 0 Å². The van der Waals surface area contributed by atoms with Gasteiger partial charge in [0.25, 0.3) is 0 Å². The molecule has 3 aromatic rings. The van der Waals surface area contributed by atoms with Crippen LogP contribution in [0.5, 0.6) is 0 Å². The number of H-pyrrole nitrogens is 1. The molecule has 1 aliphatic heterocycles. The van der Waals surface area contributed by atoms with E-state index < -0.39 is 0 Å². The van der Waals surface area contributed by atoms with Crippen LogP contribution in [0.4, 0.5) is 10.1 Å². The van der Waals surface area contributed by atoms with Crippen molar-refractivity contribution in [2.45, 2.75) is 32.4 Å². The predicted octanol–water partition coefficient (Wildman–Crippen LogP) is 4.45. The van der Waals surface area contributed by atoms with E-state index in [9.17, 15) is 4.39 Å². The summed E-state index contributed by atoms with van der Waals surface area (Å²) in [6, 6.07) is 16.4. The molecule has 0 aliphatic carbocycles. The summed E-state index contributed by atoms with van der Waals surface area (Å²) in [7, 11) is 0. The molecule has 2 unspecified atom stereocenters. The third-order valence-electron chi connectivity index (χ3n) is 5.87. The fraction of sp³-hybridized carbons (Fsp3) is 0.364. The standard InChI is InChI=1S/C22H26FN3/c1-16-17(2)26(21-5-3-4-19-10-12-24-22(19)21)15-14-25(16)13-11-18-6-8-20(23)9-7-18/h3-10,12,16-17,24H,11,13-15H2,1-2H3. The van der Waals surface area contributed by atoms with Gasteiger partial charge in [-0.25, -0.2) is 4.39 Å². The molecule has 1 N–H and O–H groups in total. The van der Waals surface area contributed by atoms with Crippen molar-refractivity contribution >= 4 is 16.6 Å². The summed E-state index contributed by atoms with van der Waals surface area (Å²) in [6.45, 7) is 7.71. The van der Waals surface area contributed by atoms with E-state index in [0.717, 1.165) is 26.1 Å². The number of piperazine rings is 1. The Labute approximate surface area is 154 Å². The summed E-state index contributed by atoms with van der Waals surface area (Å²) in [6.07, 6.45) is 2.98. The minimum Gasteiger partial charge on any atom is -0.364 e. The Kier molecular flexibility index (Phi) is 4.68. The maximum atomic E-state index is 13.1. The van der Waals surface area contributed by atoms with Crippen LogP contribution in [0.15, 0.2) is 54.7 Å². The second kappa shape index (κ2) is 7.12. The average Bonchev–Trinajstić information content (AvgIpc) is 3.13. The highest BCUT2D eigenvalue weighted by atomic mass is 19.1. The number of halogens is 1. The molecule has 4 rings (SSSR count). The van der Waals surface area contributed by atoms with Crippen molar-refractivity contribution in [1.29, 1.82) is 0 Å². The Bertz CT molecular complexity index is 870. The maximum absolute atomic E-state index is 13.1. The SMILES string of the molecule is CC1C(C)N(c2cccc3cc[nH]c23)CCN1CCc1ccc(F)cc1. The van der Waals surface area contributed by atoms with Gasteiger partial charge in [0, 0.05) is 43.3 Å². The first-order valence-electron chi connectivity index (χ1n) is 9.45. The molecule has 3 nitrogen and oxygen atoms in total. The van der Waals surface area contributed by atoms with Crippen molar-refractivity contribution in [3.05, 3.63) is 66.1 Å². The van der Waals surface area contributed by atoms with Gasteiger partial charge in [-0.3, -0.25) is 4.90 Å². The fourth-order valence-electron chi connectivity index (χ4n) is 4.10. The van der Waals surface area contributed by atoms with Gasteiger partial charge in [0.2, 0.25) is 0 Å². The second-order valence-corrected chi connectivity index (χ2v) is 7.31. The minimum absolute atomic E-state index is 0.164. The number of para-hydroxylation sites is 1. The number of benzene rings is 2. The van der Waals surface area contributed by atoms with E-state index in [2.05, 4.69) is 52.9 Å². The summed E-state index contributed by atoms with van der Waals surface area (Å²) in [5.41, 5.74) is 3.72. The van der Waals surface area contributed by atoms with Gasteiger partial charge in [-0.1, -0.05) is 24.3 Å². The molecule has 1 fully saturated rings. The fourth-order valence-corrected chi connectivity index (χ4v) is 4.10. The first kappa shape index (κ1) is 17.1. The molecule has 0 saturated carbocycles. The normalized spacial score (nSPS) is 21.4. The number of rotatable bonds is 4. The Morgan fingerprint density at radius 2 is 1.81 bits per heavy atom. The highest BCUT2D eigenvalue weighted by Gasteiger charge is 2.31. The van der Waals surface area contributed by atoms with Gasteiger partial charge in [0.1, 0.15) is 5.82 Å². The summed E-state index contributed by atoms with van der Waals surface area (Å²) in [4.78, 5) is 8.48. The Morgan fingerprint density at radius 3 is 2.62 bits per heavy atom. The highest BCUT2D eigenvalue weighted by molar-refractivity contribution is 5.91. The molecule has 1 aromatic heterocycles. The summed E-state index contributed by atoms with van der Waals surface area (Å²) < 4.78 is 13.1. The average molecular weight is 351 g/mol. The predicted molar refractivity (Wildman–Crippen MR) is 106 cm³/mol. The number of aromatic amines is 1. The number of nitrogens with zero attached hydrogens (tertiary/aromatic N) is 2. The Hall–Kier alpha value is -2.33. The molecule has 2 heterocycles. The van der Waals surface area contributed by atoms with Gasteiger partial charge < -0.3 is 9.88 Å². The van der Waals surface area contributed by atoms with Gasteiger partial charge in [-0.15, -0.1) is 0 Å². The summed E-state index contributed by atoms with van der Waals surface area (Å²) in [5, 5.41) is 1.26. The second-order valence-electron chi connectivity index (χ2n) is 7.31. The molecular weight excluding hydrogens is 325 g/mol. The zero-order chi connectivity index (χ0) is 18.1. The molecule has 0 radical (unpaired) electrons. The van der Waals surface area contributed by atoms with Crippen LogP contribution in [0.25, 0.3) is 10.9 Å². The molecule has 2 atom stereocenters. The van der Waals surface area contributed by atoms with E-state index in [1.54, 1.807) is 12.1 Å². The first-order valence-corrected chi connectivity index (χ1v) is 9.45. The van der Waals surface area contributed by atoms with E-state index in [-0.39, 0.29) is 5.82 Å². The lowest BCUT2D eigenvalue weighted by molar-refractivity contribution is 0.160. The van der Waals surface area contributed by atoms with Crippen LogP contribution < -0.4 is 4.90 Å². The van der Waals surface area contributed by atoms with Gasteiger partial charge in [-0.2, -0.15) is 0 Å². The van der Waals surface area contributed by atoms with Crippen molar-refractivity contribution in [3.63, 3.8) is 0 Å². The lowest BCUT2D eigenvalue weighted by atomic mass is 10.0. The van der Waals surface area contributed by atoms with Crippen molar-refractivity contribution in [2.75, 3.05) is 24.5 Å². The maximum Gasteiger partial charge on any atom is 0.123 e. The van der Waals surface area contributed by atoms with Crippen LogP contribution in [0.1, 0.15) is 19.4 Å². The molecule has 1 aliphatic rings. The zero-order valence-corrected chi connectivity index (χ0v) is 15.5. The van der Waals surface area contributed by atoms with E-state index in [1.165, 1.54) is 22.2 Å². The lowest BCUT2D eigenvalue weighted by Gasteiger charge is -2.46. The topological polar surface area (TPSA) is 22.3 Å². The molecule has 26 heavy (non-hydrogen) atoms. The van der Waals surface area contributed by atoms with Crippen LogP contribution >= 0.6 is 0 Å². The van der Waals surface area contributed by atoms with Crippen molar-refractivity contribution in [2.24, 2.45) is 0 Å². The highest BCUT2D eigenvalue weighted by Crippen LogP contribution is 2.30. The summed E-state index contributed by atoms with van der Waals surface area (Å²) in [5.74, 6) is -0.164. The third-order valence-corrected chi connectivity index (χ3v) is 5.87. The van der Waals surface area contributed by atoms with E-state index >= 15 is 0 Å². The van der Waals surface area contributed by atoms with Gasteiger partial charge in [0.05, 0.1) is 11.2 Å². The number of anilines is 1. The molecule has 0 bridgehead atoms. The minimum atomic E-state index is -0.164. The summed E-state index contributed by atoms with van der Waals surface area (Å²) >= 11 is 0. The van der Waals surface area contributed by atoms with E-state index in [4.69, 9.17) is 0 Å². The molecule has 1 saturated heterocycles. The number of aromatic nitrogens is 1. The molecule has 136 valence electrons. The van der Waals surface area contributed by atoms with Gasteiger partial charge in [-0.05, 0) is 50.1 Å². The van der Waals surface area contributed by atoms with Crippen molar-refractivity contribution < 1.29 is 4.39 Å². The molecule has 2 aromatic carbocycles. The Morgan fingerprint density at radius 1 is 1.00 bits per heavy atom. The van der Waals surface area contributed by atoms with Crippen LogP contribution in [0.3, 0.4) is 0 Å². The molecule has 4 heteroatoms. The van der Waals surface area contributed by atoms with Crippen molar-refractivity contribution in [1.82, 2.24) is 9.88 Å². The molecule has 0 amide bonds. The Balaban J connectivity index is 1.46. The monoisotopic (exact) mass is 351 g/mol. The first-order chi connectivity index (χ1) is 12.6. The van der Waals surface area contributed by atoms with E-state index in [0.29, 0.717) is 12.1 Å². The number of hydrogen-bond acceptors (Lipinski definition) is 2. The number of nitrogens with one attached hydrogen (secondary N) is 1. The zero-order valence-electron chi connectivity index (χ0n) is 15.5. The quantitative estimate of drug-likeness (QED) is 0.750. The largest absolute Gasteiger partial charge is 0.364 e. The van der Waals surface area contributed by atoms with Crippen LogP contribution in [-0.2, 0) is 6.42 Å². The van der Waals surface area contributed by atoms with Crippen LogP contribution in [0.2, 0.25) is 0 Å². The lowest BCUT2D eigenvalue weighted by Crippen LogP contribution is -2.57. The van der Waals surface area contributed by atoms with Gasteiger partial charge >= 0.3 is 0 Å². The number of hydrogen-bond donors (Lipinski definition) is 1. The molecular formula is C22H26FN3. The van der Waals surface area contributed by atoms with E-state index in [1.807, 2.05) is 18.3 Å². The molecule has 0 spiro atoms. The third kappa shape index (κ3) is 3.21.